The van der Waals surface area contributed by atoms with E-state index in [4.69, 9.17) is 0 Å². The van der Waals surface area contributed by atoms with Gasteiger partial charge in [-0.2, -0.15) is 0 Å². The van der Waals surface area contributed by atoms with Crippen molar-refractivity contribution in [2.75, 3.05) is 4.72 Å². The maximum atomic E-state index is 12.0. The second-order valence-corrected chi connectivity index (χ2v) is 6.03. The molecule has 2 N–H and O–H groups in total. The molecule has 1 heterocycles. The molecule has 0 unspecified atom stereocenters. The first kappa shape index (κ1) is 13.4. The molecule has 6 heteroatoms. The number of anilines is 1. The van der Waals surface area contributed by atoms with Gasteiger partial charge in [0.25, 0.3) is 10.0 Å². The maximum Gasteiger partial charge on any atom is 0.257 e. The first-order valence-corrected chi connectivity index (χ1v) is 7.88. The zero-order chi connectivity index (χ0) is 14.7. The summed E-state index contributed by atoms with van der Waals surface area (Å²) >= 11 is 0. The van der Waals surface area contributed by atoms with Crippen LogP contribution in [0.5, 0.6) is 0 Å². The Labute approximate surface area is 122 Å². The van der Waals surface area contributed by atoms with E-state index in [1.165, 1.54) is 6.08 Å². The van der Waals surface area contributed by atoms with Gasteiger partial charge in [0.1, 0.15) is 0 Å². The molecule has 0 saturated heterocycles. The molecule has 3 rings (SSSR count). The standard InChI is InChI=1S/C15H13N3O2S/c19-21(20,11-10-12-6-2-1-3-7-12)18-15-16-13-8-4-5-9-14(13)17-15/h1-11H,(H2,16,17,18). The van der Waals surface area contributed by atoms with Crippen LogP contribution >= 0.6 is 0 Å². The molecule has 0 bridgehead atoms. The number of sulfonamides is 1. The molecule has 0 aliphatic rings. The van der Waals surface area contributed by atoms with Crippen LogP contribution in [0.4, 0.5) is 5.95 Å². The van der Waals surface area contributed by atoms with Crippen LogP contribution in [0, 0.1) is 0 Å². The summed E-state index contributed by atoms with van der Waals surface area (Å²) in [7, 11) is -3.60. The average Bonchev–Trinajstić information content (AvgIpc) is 2.87. The van der Waals surface area contributed by atoms with E-state index < -0.39 is 10.0 Å². The number of hydrogen-bond donors (Lipinski definition) is 2. The zero-order valence-electron chi connectivity index (χ0n) is 11.0. The number of benzene rings is 2. The number of aromatic nitrogens is 2. The second-order valence-electron chi connectivity index (χ2n) is 4.46. The van der Waals surface area contributed by atoms with Crippen molar-refractivity contribution in [3.8, 4) is 0 Å². The summed E-state index contributed by atoms with van der Waals surface area (Å²) in [5.74, 6) is 0.203. The fourth-order valence-electron chi connectivity index (χ4n) is 1.90. The number of rotatable bonds is 4. The van der Waals surface area contributed by atoms with Gasteiger partial charge >= 0.3 is 0 Å². The van der Waals surface area contributed by atoms with E-state index in [1.54, 1.807) is 0 Å². The minimum absolute atomic E-state index is 0.203. The summed E-state index contributed by atoms with van der Waals surface area (Å²) in [6.07, 6.45) is 1.53. The molecule has 1 aromatic heterocycles. The van der Waals surface area contributed by atoms with Crippen LogP contribution in [0.3, 0.4) is 0 Å². The predicted octanol–water partition coefficient (Wildman–Crippen LogP) is 2.98. The van der Waals surface area contributed by atoms with Gasteiger partial charge in [-0.25, -0.2) is 18.1 Å². The van der Waals surface area contributed by atoms with Gasteiger partial charge in [0.15, 0.2) is 0 Å². The number of imidazole rings is 1. The lowest BCUT2D eigenvalue weighted by atomic mass is 10.2. The molecule has 0 radical (unpaired) electrons. The predicted molar refractivity (Wildman–Crippen MR) is 84.1 cm³/mol. The number of aromatic amines is 1. The molecule has 2 aromatic carbocycles. The molecule has 106 valence electrons. The summed E-state index contributed by atoms with van der Waals surface area (Å²) < 4.78 is 26.4. The lowest BCUT2D eigenvalue weighted by Crippen LogP contribution is -2.09. The van der Waals surface area contributed by atoms with Gasteiger partial charge in [-0.3, -0.25) is 0 Å². The summed E-state index contributed by atoms with van der Waals surface area (Å²) in [5.41, 5.74) is 2.30. The zero-order valence-corrected chi connectivity index (χ0v) is 11.8. The molecular formula is C15H13N3O2S. The smallest absolute Gasteiger partial charge is 0.257 e. The molecule has 0 spiro atoms. The van der Waals surface area contributed by atoms with Crippen molar-refractivity contribution in [2.24, 2.45) is 0 Å². The Bertz CT molecular complexity index is 850. The Hall–Kier alpha value is -2.60. The molecule has 0 atom stereocenters. The Morgan fingerprint density at radius 3 is 2.48 bits per heavy atom. The van der Waals surface area contributed by atoms with E-state index in [0.717, 1.165) is 16.5 Å². The van der Waals surface area contributed by atoms with Gasteiger partial charge < -0.3 is 4.98 Å². The van der Waals surface area contributed by atoms with Crippen molar-refractivity contribution in [2.45, 2.75) is 0 Å². The lowest BCUT2D eigenvalue weighted by Gasteiger charge is -1.99. The number of nitrogens with zero attached hydrogens (tertiary/aromatic N) is 1. The Balaban J connectivity index is 1.81. The summed E-state index contributed by atoms with van der Waals surface area (Å²) in [6, 6.07) is 16.6. The monoisotopic (exact) mass is 299 g/mol. The van der Waals surface area contributed by atoms with E-state index in [1.807, 2.05) is 54.6 Å². The number of hydrogen-bond acceptors (Lipinski definition) is 3. The highest BCUT2D eigenvalue weighted by Crippen LogP contribution is 2.14. The normalized spacial score (nSPS) is 12.0. The van der Waals surface area contributed by atoms with Crippen molar-refractivity contribution in [3.63, 3.8) is 0 Å². The molecule has 21 heavy (non-hydrogen) atoms. The van der Waals surface area contributed by atoms with Gasteiger partial charge in [-0.05, 0) is 23.8 Å². The first-order valence-electron chi connectivity index (χ1n) is 6.33. The van der Waals surface area contributed by atoms with Crippen LogP contribution in [-0.2, 0) is 10.0 Å². The average molecular weight is 299 g/mol. The van der Waals surface area contributed by atoms with E-state index in [9.17, 15) is 8.42 Å². The minimum Gasteiger partial charge on any atom is -0.323 e. The van der Waals surface area contributed by atoms with Crippen LogP contribution in [0.1, 0.15) is 5.56 Å². The summed E-state index contributed by atoms with van der Waals surface area (Å²) in [4.78, 5) is 7.09. The van der Waals surface area contributed by atoms with Gasteiger partial charge in [0, 0.05) is 0 Å². The van der Waals surface area contributed by atoms with Crippen molar-refractivity contribution >= 4 is 33.1 Å². The third-order valence-corrected chi connectivity index (χ3v) is 3.84. The highest BCUT2D eigenvalue weighted by molar-refractivity contribution is 7.95. The van der Waals surface area contributed by atoms with Crippen molar-refractivity contribution in [1.82, 2.24) is 9.97 Å². The van der Waals surface area contributed by atoms with E-state index in [2.05, 4.69) is 14.7 Å². The van der Waals surface area contributed by atoms with Crippen molar-refractivity contribution < 1.29 is 8.42 Å². The number of nitrogens with one attached hydrogen (secondary N) is 2. The van der Waals surface area contributed by atoms with Gasteiger partial charge in [-0.1, -0.05) is 42.5 Å². The third kappa shape index (κ3) is 3.29. The molecule has 0 amide bonds. The van der Waals surface area contributed by atoms with Crippen LogP contribution in [-0.4, -0.2) is 18.4 Å². The summed E-state index contributed by atoms with van der Waals surface area (Å²) in [6.45, 7) is 0. The van der Waals surface area contributed by atoms with Crippen LogP contribution in [0.25, 0.3) is 17.1 Å². The largest absolute Gasteiger partial charge is 0.323 e. The fourth-order valence-corrected chi connectivity index (χ4v) is 2.67. The second kappa shape index (κ2) is 5.41. The Kier molecular flexibility index (Phi) is 3.45. The Morgan fingerprint density at radius 2 is 1.71 bits per heavy atom. The molecular weight excluding hydrogens is 286 g/mol. The van der Waals surface area contributed by atoms with E-state index in [-0.39, 0.29) is 5.95 Å². The van der Waals surface area contributed by atoms with Crippen LogP contribution in [0.2, 0.25) is 0 Å². The maximum absolute atomic E-state index is 12.0. The highest BCUT2D eigenvalue weighted by atomic mass is 32.2. The van der Waals surface area contributed by atoms with Gasteiger partial charge in [-0.15, -0.1) is 0 Å². The number of H-pyrrole nitrogens is 1. The topological polar surface area (TPSA) is 74.8 Å². The first-order chi connectivity index (χ1) is 10.1. The van der Waals surface area contributed by atoms with Gasteiger partial charge in [0.05, 0.1) is 16.4 Å². The molecule has 5 nitrogen and oxygen atoms in total. The Morgan fingerprint density at radius 1 is 1.00 bits per heavy atom. The van der Waals surface area contributed by atoms with E-state index >= 15 is 0 Å². The van der Waals surface area contributed by atoms with Gasteiger partial charge in [0.2, 0.25) is 5.95 Å². The molecule has 0 aliphatic carbocycles. The molecule has 0 fully saturated rings. The van der Waals surface area contributed by atoms with Crippen LogP contribution in [0.15, 0.2) is 60.0 Å². The number of fused-ring (bicyclic) bond motifs is 1. The molecule has 0 saturated carbocycles. The van der Waals surface area contributed by atoms with E-state index in [0.29, 0.717) is 5.52 Å². The summed E-state index contributed by atoms with van der Waals surface area (Å²) in [5, 5.41) is 1.12. The third-order valence-electron chi connectivity index (χ3n) is 2.87. The van der Waals surface area contributed by atoms with Crippen molar-refractivity contribution in [3.05, 3.63) is 65.6 Å². The highest BCUT2D eigenvalue weighted by Gasteiger charge is 2.09. The minimum atomic E-state index is -3.60. The lowest BCUT2D eigenvalue weighted by molar-refractivity contribution is 0.609. The fraction of sp³-hybridized carbons (Fsp3) is 0. The molecule has 3 aromatic rings. The van der Waals surface area contributed by atoms with Crippen molar-refractivity contribution in [1.29, 1.82) is 0 Å². The quantitative estimate of drug-likeness (QED) is 0.777. The molecule has 0 aliphatic heterocycles. The SMILES string of the molecule is O=S(=O)(C=Cc1ccccc1)Nc1nc2ccccc2[nH]1. The number of para-hydroxylation sites is 2. The van der Waals surface area contributed by atoms with Crippen LogP contribution < -0.4 is 4.72 Å².